The summed E-state index contributed by atoms with van der Waals surface area (Å²) in [5.41, 5.74) is 0.756. The van der Waals surface area contributed by atoms with Crippen LogP contribution >= 0.6 is 24.0 Å². The van der Waals surface area contributed by atoms with E-state index in [2.05, 4.69) is 10.6 Å². The molecule has 3 rings (SSSR count). The fourth-order valence-corrected chi connectivity index (χ4v) is 2.87. The van der Waals surface area contributed by atoms with Crippen LogP contribution < -0.4 is 15.5 Å². The number of halogens is 2. The van der Waals surface area contributed by atoms with E-state index < -0.39 is 5.92 Å². The van der Waals surface area contributed by atoms with Crippen molar-refractivity contribution in [2.45, 2.75) is 6.42 Å². The van der Waals surface area contributed by atoms with Crippen molar-refractivity contribution in [3.63, 3.8) is 0 Å². The van der Waals surface area contributed by atoms with Crippen molar-refractivity contribution in [2.75, 3.05) is 31.1 Å². The van der Waals surface area contributed by atoms with Gasteiger partial charge in [0.25, 0.3) is 0 Å². The van der Waals surface area contributed by atoms with Crippen LogP contribution in [0.2, 0.25) is 5.02 Å². The van der Waals surface area contributed by atoms with Gasteiger partial charge in [-0.1, -0.05) is 17.7 Å². The molecule has 1 atom stereocenters. The predicted octanol–water partition coefficient (Wildman–Crippen LogP) is 1.45. The number of hydrogen-bond donors (Lipinski definition) is 2. The lowest BCUT2D eigenvalue weighted by Gasteiger charge is -2.27. The van der Waals surface area contributed by atoms with Gasteiger partial charge in [-0.3, -0.25) is 9.59 Å². The molecular weight excluding hydrogens is 325 g/mol. The first-order chi connectivity index (χ1) is 10.1. The summed E-state index contributed by atoms with van der Waals surface area (Å²) in [4.78, 5) is 26.2. The molecule has 2 aliphatic rings. The third kappa shape index (κ3) is 3.54. The Morgan fingerprint density at radius 3 is 2.82 bits per heavy atom. The van der Waals surface area contributed by atoms with E-state index in [1.165, 1.54) is 0 Å². The highest BCUT2D eigenvalue weighted by atomic mass is 35.5. The van der Waals surface area contributed by atoms with Crippen LogP contribution in [0, 0.1) is 11.8 Å². The highest BCUT2D eigenvalue weighted by molar-refractivity contribution is 6.31. The predicted molar refractivity (Wildman–Crippen MR) is 88.5 cm³/mol. The van der Waals surface area contributed by atoms with Gasteiger partial charge in [0.05, 0.1) is 0 Å². The standard InChI is InChI=1S/C15H18ClN3O2.ClH/c16-11-2-1-3-12(6-11)19-5-4-13(15(19)21)14(20)18-9-10-7-17-8-10;/h1-3,6,10,13,17H,4-5,7-9H2,(H,18,20);1H. The van der Waals surface area contributed by atoms with Crippen molar-refractivity contribution in [3.8, 4) is 0 Å². The molecule has 1 aromatic carbocycles. The Morgan fingerprint density at radius 1 is 1.41 bits per heavy atom. The number of hydrogen-bond acceptors (Lipinski definition) is 3. The molecule has 0 saturated carbocycles. The number of benzene rings is 1. The van der Waals surface area contributed by atoms with Gasteiger partial charge >= 0.3 is 0 Å². The smallest absolute Gasteiger partial charge is 0.239 e. The van der Waals surface area contributed by atoms with Crippen LogP contribution in [0.4, 0.5) is 5.69 Å². The molecule has 0 aliphatic carbocycles. The number of nitrogens with one attached hydrogen (secondary N) is 2. The van der Waals surface area contributed by atoms with E-state index in [1.54, 1.807) is 17.0 Å². The summed E-state index contributed by atoms with van der Waals surface area (Å²) in [6.07, 6.45) is 0.556. The number of anilines is 1. The fraction of sp³-hybridized carbons (Fsp3) is 0.467. The molecule has 0 radical (unpaired) electrons. The molecule has 2 fully saturated rings. The van der Waals surface area contributed by atoms with Crippen molar-refractivity contribution in [1.29, 1.82) is 0 Å². The van der Waals surface area contributed by atoms with Gasteiger partial charge in [0.2, 0.25) is 11.8 Å². The third-order valence-corrected chi connectivity index (χ3v) is 4.31. The van der Waals surface area contributed by atoms with Crippen LogP contribution in [0.3, 0.4) is 0 Å². The molecule has 0 aromatic heterocycles. The molecule has 0 bridgehead atoms. The second-order valence-corrected chi connectivity index (χ2v) is 6.02. The minimum Gasteiger partial charge on any atom is -0.355 e. The molecule has 2 aliphatic heterocycles. The minimum absolute atomic E-state index is 0. The Labute approximate surface area is 140 Å². The highest BCUT2D eigenvalue weighted by Crippen LogP contribution is 2.27. The summed E-state index contributed by atoms with van der Waals surface area (Å²) in [5, 5.41) is 6.63. The maximum Gasteiger partial charge on any atom is 0.239 e. The van der Waals surface area contributed by atoms with Gasteiger partial charge in [-0.05, 0) is 24.6 Å². The molecule has 120 valence electrons. The maximum absolute atomic E-state index is 12.4. The number of amides is 2. The van der Waals surface area contributed by atoms with Gasteiger partial charge in [0, 0.05) is 42.8 Å². The molecule has 5 nitrogen and oxygen atoms in total. The summed E-state index contributed by atoms with van der Waals surface area (Å²) >= 11 is 5.95. The molecule has 1 unspecified atom stereocenters. The lowest BCUT2D eigenvalue weighted by Crippen LogP contribution is -2.49. The molecule has 7 heteroatoms. The van der Waals surface area contributed by atoms with Crippen molar-refractivity contribution in [2.24, 2.45) is 11.8 Å². The van der Waals surface area contributed by atoms with Gasteiger partial charge in [0.15, 0.2) is 0 Å². The SMILES string of the molecule is Cl.O=C(NCC1CNC1)C1CCN(c2cccc(Cl)c2)C1=O. The van der Waals surface area contributed by atoms with E-state index in [9.17, 15) is 9.59 Å². The molecule has 2 amide bonds. The number of carbonyl (C=O) groups excluding carboxylic acids is 2. The number of nitrogens with zero attached hydrogens (tertiary/aromatic N) is 1. The van der Waals surface area contributed by atoms with Crippen molar-refractivity contribution in [1.82, 2.24) is 10.6 Å². The normalized spacial score (nSPS) is 21.2. The highest BCUT2D eigenvalue weighted by Gasteiger charge is 2.37. The van der Waals surface area contributed by atoms with Crippen LogP contribution in [-0.2, 0) is 9.59 Å². The lowest BCUT2D eigenvalue weighted by atomic mass is 10.0. The molecule has 1 aromatic rings. The fourth-order valence-electron chi connectivity index (χ4n) is 2.68. The molecular formula is C15H19Cl2N3O2. The Morgan fingerprint density at radius 2 is 2.18 bits per heavy atom. The van der Waals surface area contributed by atoms with Crippen molar-refractivity contribution >= 4 is 41.5 Å². The Kier molecular flexibility index (Phi) is 5.67. The van der Waals surface area contributed by atoms with E-state index in [0.717, 1.165) is 18.8 Å². The Balaban J connectivity index is 0.00000176. The summed E-state index contributed by atoms with van der Waals surface area (Å²) in [5.74, 6) is -0.371. The monoisotopic (exact) mass is 343 g/mol. The van der Waals surface area contributed by atoms with E-state index >= 15 is 0 Å². The molecule has 2 heterocycles. The van der Waals surface area contributed by atoms with Crippen molar-refractivity contribution in [3.05, 3.63) is 29.3 Å². The molecule has 2 saturated heterocycles. The number of rotatable bonds is 4. The molecule has 22 heavy (non-hydrogen) atoms. The van der Waals surface area contributed by atoms with Gasteiger partial charge in [-0.25, -0.2) is 0 Å². The number of carbonyl (C=O) groups is 2. The van der Waals surface area contributed by atoms with Crippen LogP contribution in [-0.4, -0.2) is 38.0 Å². The second-order valence-electron chi connectivity index (χ2n) is 5.58. The van der Waals surface area contributed by atoms with Crippen molar-refractivity contribution < 1.29 is 9.59 Å². The van der Waals surface area contributed by atoms with Gasteiger partial charge < -0.3 is 15.5 Å². The van der Waals surface area contributed by atoms with Crippen LogP contribution in [0.15, 0.2) is 24.3 Å². The van der Waals surface area contributed by atoms with E-state index in [4.69, 9.17) is 11.6 Å². The lowest BCUT2D eigenvalue weighted by molar-refractivity contribution is -0.132. The van der Waals surface area contributed by atoms with Gasteiger partial charge in [-0.15, -0.1) is 12.4 Å². The summed E-state index contributed by atoms with van der Waals surface area (Å²) in [6.45, 7) is 3.08. The Hall–Kier alpha value is -1.30. The molecule has 2 N–H and O–H groups in total. The van der Waals surface area contributed by atoms with E-state index in [-0.39, 0.29) is 24.2 Å². The topological polar surface area (TPSA) is 61.4 Å². The largest absolute Gasteiger partial charge is 0.355 e. The first-order valence-electron chi connectivity index (χ1n) is 7.20. The second kappa shape index (κ2) is 7.31. The average Bonchev–Trinajstić information content (AvgIpc) is 2.78. The Bertz CT molecular complexity index is 563. The van der Waals surface area contributed by atoms with E-state index in [0.29, 0.717) is 30.5 Å². The average molecular weight is 344 g/mol. The van der Waals surface area contributed by atoms with Crippen LogP contribution in [0.25, 0.3) is 0 Å². The van der Waals surface area contributed by atoms with Gasteiger partial charge in [0.1, 0.15) is 5.92 Å². The summed E-state index contributed by atoms with van der Waals surface area (Å²) in [7, 11) is 0. The maximum atomic E-state index is 12.4. The first kappa shape index (κ1) is 17.1. The zero-order valence-corrected chi connectivity index (χ0v) is 13.6. The molecule has 0 spiro atoms. The zero-order valence-electron chi connectivity index (χ0n) is 12.0. The third-order valence-electron chi connectivity index (χ3n) is 4.07. The zero-order chi connectivity index (χ0) is 14.8. The van der Waals surface area contributed by atoms with Crippen LogP contribution in [0.1, 0.15) is 6.42 Å². The first-order valence-corrected chi connectivity index (χ1v) is 7.58. The quantitative estimate of drug-likeness (QED) is 0.813. The summed E-state index contributed by atoms with van der Waals surface area (Å²) in [6, 6.07) is 7.16. The van der Waals surface area contributed by atoms with Crippen LogP contribution in [0.5, 0.6) is 0 Å². The van der Waals surface area contributed by atoms with Gasteiger partial charge in [-0.2, -0.15) is 0 Å². The minimum atomic E-state index is -0.572. The summed E-state index contributed by atoms with van der Waals surface area (Å²) < 4.78 is 0. The van der Waals surface area contributed by atoms with E-state index in [1.807, 2.05) is 12.1 Å².